The molecule has 2 aromatic rings. The summed E-state index contributed by atoms with van der Waals surface area (Å²) < 4.78 is 23.2. The number of aromatic carboxylic acids is 1. The maximum Gasteiger partial charge on any atom is 0.341 e. The molecule has 1 N–H and O–H groups in total. The highest BCUT2D eigenvalue weighted by Gasteiger charge is 2.37. The number of hydrogen-bond donors (Lipinski definition) is 1. The summed E-state index contributed by atoms with van der Waals surface area (Å²) >= 11 is 0. The molecule has 1 aromatic heterocycles. The molecule has 162 valence electrons. The van der Waals surface area contributed by atoms with Gasteiger partial charge in [-0.2, -0.15) is 0 Å². The Balaban J connectivity index is 2.04. The van der Waals surface area contributed by atoms with Gasteiger partial charge >= 0.3 is 5.97 Å². The lowest BCUT2D eigenvalue weighted by Crippen LogP contribution is -2.34. The Morgan fingerprint density at radius 1 is 1.30 bits per heavy atom. The number of carboxylic acids is 1. The quantitative estimate of drug-likeness (QED) is 0.806. The molecule has 2 fully saturated rings. The number of methoxy groups -OCH3 is 1. The van der Waals surface area contributed by atoms with E-state index >= 15 is 4.39 Å². The third-order valence-corrected chi connectivity index (χ3v) is 6.50. The number of ether oxygens (including phenoxy) is 1. The number of aryl methyl sites for hydroxylation is 1. The summed E-state index contributed by atoms with van der Waals surface area (Å²) in [4.78, 5) is 28.8. The van der Waals surface area contributed by atoms with E-state index in [1.54, 1.807) is 11.5 Å². The fourth-order valence-electron chi connectivity index (χ4n) is 4.78. The van der Waals surface area contributed by atoms with Crippen molar-refractivity contribution >= 4 is 22.6 Å². The molecule has 2 atom stereocenters. The topological polar surface area (TPSA) is 75.0 Å². The summed E-state index contributed by atoms with van der Waals surface area (Å²) in [5.74, 6) is -1.19. The first-order valence-corrected chi connectivity index (χ1v) is 10.3. The molecular formula is C22H28FN3O4. The van der Waals surface area contributed by atoms with Crippen LogP contribution in [0.25, 0.3) is 10.9 Å². The number of fused-ring (bicyclic) bond motifs is 1. The molecule has 0 radical (unpaired) electrons. The highest BCUT2D eigenvalue weighted by Crippen LogP contribution is 2.46. The second-order valence-corrected chi connectivity index (χ2v) is 8.77. The van der Waals surface area contributed by atoms with Crippen molar-refractivity contribution in [1.29, 1.82) is 0 Å². The Morgan fingerprint density at radius 2 is 1.97 bits per heavy atom. The lowest BCUT2D eigenvalue weighted by Gasteiger charge is -2.27. The van der Waals surface area contributed by atoms with E-state index < -0.39 is 17.2 Å². The Morgan fingerprint density at radius 3 is 2.47 bits per heavy atom. The third kappa shape index (κ3) is 3.05. The minimum atomic E-state index is -1.30. The number of carbonyl (C=O) groups is 1. The normalized spacial score (nSPS) is 21.6. The number of nitrogens with zero attached hydrogens (tertiary/aromatic N) is 3. The molecule has 0 bridgehead atoms. The van der Waals surface area contributed by atoms with Gasteiger partial charge in [0, 0.05) is 36.9 Å². The van der Waals surface area contributed by atoms with E-state index in [0.29, 0.717) is 36.0 Å². The Hall–Kier alpha value is -2.61. The minimum Gasteiger partial charge on any atom is -0.492 e. The van der Waals surface area contributed by atoms with Crippen molar-refractivity contribution in [2.45, 2.75) is 38.8 Å². The average molecular weight is 417 g/mol. The minimum absolute atomic E-state index is 0.0878. The number of halogens is 1. The Kier molecular flexibility index (Phi) is 5.00. The SMILES string of the molecule is COc1c(N2C[C@@H](C)[C@H](N(C)C)C2)c(F)c(C)c2c(=O)c(C(=O)O)cn(C3CC3)c12. The van der Waals surface area contributed by atoms with Crippen LogP contribution in [-0.4, -0.2) is 60.9 Å². The van der Waals surface area contributed by atoms with Gasteiger partial charge in [-0.1, -0.05) is 6.92 Å². The van der Waals surface area contributed by atoms with Crippen molar-refractivity contribution in [3.8, 4) is 5.75 Å². The van der Waals surface area contributed by atoms with E-state index in [-0.39, 0.29) is 28.6 Å². The summed E-state index contributed by atoms with van der Waals surface area (Å²) in [6.45, 7) is 5.01. The number of anilines is 1. The first kappa shape index (κ1) is 20.7. The number of likely N-dealkylation sites (N-methyl/N-ethyl adjacent to an activating group) is 1. The van der Waals surface area contributed by atoms with Crippen LogP contribution in [0.5, 0.6) is 5.75 Å². The second-order valence-electron chi connectivity index (χ2n) is 8.77. The number of carboxylic acid groups (broad SMARTS) is 1. The molecule has 2 aliphatic rings. The van der Waals surface area contributed by atoms with Gasteiger partial charge in [0.05, 0.1) is 18.0 Å². The molecule has 8 heteroatoms. The maximum absolute atomic E-state index is 15.7. The predicted octanol–water partition coefficient (Wildman–Crippen LogP) is 2.88. The zero-order chi connectivity index (χ0) is 21.9. The summed E-state index contributed by atoms with van der Waals surface area (Å²) in [5, 5.41) is 9.62. The van der Waals surface area contributed by atoms with Crippen molar-refractivity contribution in [3.05, 3.63) is 33.4 Å². The molecule has 2 heterocycles. The maximum atomic E-state index is 15.7. The number of rotatable bonds is 5. The molecule has 30 heavy (non-hydrogen) atoms. The zero-order valence-corrected chi connectivity index (χ0v) is 18.0. The van der Waals surface area contributed by atoms with Crippen molar-refractivity contribution in [2.24, 2.45) is 5.92 Å². The fourth-order valence-corrected chi connectivity index (χ4v) is 4.78. The standard InChI is InChI=1S/C22H28FN3O4/c1-11-8-25(10-15(11)24(3)4)19-17(23)12(2)16-18(21(19)30-5)26(13-6-7-13)9-14(20(16)27)22(28)29/h9,11,13,15H,6-8,10H2,1-5H3,(H,28,29)/t11-,15-/m1/s1. The molecule has 4 rings (SSSR count). The van der Waals surface area contributed by atoms with Crippen LogP contribution in [0.3, 0.4) is 0 Å². The number of pyridine rings is 1. The highest BCUT2D eigenvalue weighted by molar-refractivity contribution is 5.99. The Labute approximate surface area is 174 Å². The monoisotopic (exact) mass is 417 g/mol. The smallest absolute Gasteiger partial charge is 0.341 e. The van der Waals surface area contributed by atoms with Crippen molar-refractivity contribution in [2.75, 3.05) is 39.2 Å². The molecule has 0 unspecified atom stereocenters. The van der Waals surface area contributed by atoms with E-state index in [1.807, 2.05) is 19.0 Å². The number of aromatic nitrogens is 1. The Bertz CT molecular complexity index is 1090. The summed E-state index contributed by atoms with van der Waals surface area (Å²) in [6, 6.07) is 0.356. The van der Waals surface area contributed by atoms with Crippen LogP contribution in [0.15, 0.2) is 11.0 Å². The molecule has 1 aliphatic carbocycles. The molecule has 0 amide bonds. The fraction of sp³-hybridized carbons (Fsp3) is 0.545. The first-order valence-electron chi connectivity index (χ1n) is 10.3. The molecule has 1 saturated carbocycles. The number of benzene rings is 1. The van der Waals surface area contributed by atoms with Gasteiger partial charge in [0.2, 0.25) is 5.43 Å². The first-order chi connectivity index (χ1) is 14.2. The van der Waals surface area contributed by atoms with Crippen LogP contribution in [0.2, 0.25) is 0 Å². The molecule has 1 saturated heterocycles. The van der Waals surface area contributed by atoms with Crippen LogP contribution in [0.4, 0.5) is 10.1 Å². The summed E-state index contributed by atoms with van der Waals surface area (Å²) in [6.07, 6.45) is 3.16. The highest BCUT2D eigenvalue weighted by atomic mass is 19.1. The van der Waals surface area contributed by atoms with Crippen LogP contribution in [-0.2, 0) is 0 Å². The van der Waals surface area contributed by atoms with Crippen LogP contribution >= 0.6 is 0 Å². The van der Waals surface area contributed by atoms with Crippen molar-refractivity contribution in [3.63, 3.8) is 0 Å². The lowest BCUT2D eigenvalue weighted by molar-refractivity contribution is 0.0695. The van der Waals surface area contributed by atoms with E-state index in [2.05, 4.69) is 11.8 Å². The van der Waals surface area contributed by atoms with Gasteiger partial charge in [-0.3, -0.25) is 4.79 Å². The van der Waals surface area contributed by atoms with Crippen LogP contribution in [0, 0.1) is 18.7 Å². The van der Waals surface area contributed by atoms with Gasteiger partial charge in [-0.05, 0) is 39.8 Å². The van der Waals surface area contributed by atoms with Gasteiger partial charge in [-0.25, -0.2) is 9.18 Å². The summed E-state index contributed by atoms with van der Waals surface area (Å²) in [7, 11) is 5.51. The van der Waals surface area contributed by atoms with Crippen LogP contribution in [0.1, 0.15) is 41.7 Å². The number of hydrogen-bond acceptors (Lipinski definition) is 5. The largest absolute Gasteiger partial charge is 0.492 e. The second kappa shape index (κ2) is 7.27. The predicted molar refractivity (Wildman–Crippen MR) is 114 cm³/mol. The van der Waals surface area contributed by atoms with Crippen LogP contribution < -0.4 is 15.1 Å². The summed E-state index contributed by atoms with van der Waals surface area (Å²) in [5.41, 5.74) is 0.00969. The lowest BCUT2D eigenvalue weighted by atomic mass is 10.0. The van der Waals surface area contributed by atoms with Gasteiger partial charge < -0.3 is 24.2 Å². The van der Waals surface area contributed by atoms with Crippen molar-refractivity contribution in [1.82, 2.24) is 9.47 Å². The molecule has 0 spiro atoms. The van der Waals surface area contributed by atoms with E-state index in [0.717, 1.165) is 12.8 Å². The van der Waals surface area contributed by atoms with E-state index in [9.17, 15) is 14.7 Å². The molecule has 7 nitrogen and oxygen atoms in total. The van der Waals surface area contributed by atoms with Gasteiger partial charge in [-0.15, -0.1) is 0 Å². The molecule has 1 aromatic carbocycles. The zero-order valence-electron chi connectivity index (χ0n) is 18.0. The third-order valence-electron chi connectivity index (χ3n) is 6.50. The van der Waals surface area contributed by atoms with Gasteiger partial charge in [0.25, 0.3) is 0 Å². The van der Waals surface area contributed by atoms with E-state index in [4.69, 9.17) is 4.74 Å². The molecular weight excluding hydrogens is 389 g/mol. The average Bonchev–Trinajstić information content (AvgIpc) is 3.45. The van der Waals surface area contributed by atoms with Crippen molar-refractivity contribution < 1.29 is 19.0 Å². The van der Waals surface area contributed by atoms with Gasteiger partial charge in [0.1, 0.15) is 11.3 Å². The van der Waals surface area contributed by atoms with Gasteiger partial charge in [0.15, 0.2) is 11.6 Å². The molecule has 1 aliphatic heterocycles. The van der Waals surface area contributed by atoms with E-state index in [1.165, 1.54) is 13.3 Å².